The zero-order valence-electron chi connectivity index (χ0n) is 8.89. The molecular formula is C13H22. The van der Waals surface area contributed by atoms with Gasteiger partial charge in [-0.05, 0) is 61.7 Å². The molecule has 0 N–H and O–H groups in total. The molecule has 0 atom stereocenters. The van der Waals surface area contributed by atoms with Crippen LogP contribution in [-0.2, 0) is 0 Å². The maximum Gasteiger partial charge on any atom is -0.0318 e. The van der Waals surface area contributed by atoms with Crippen LogP contribution < -0.4 is 0 Å². The highest BCUT2D eigenvalue weighted by Gasteiger charge is 2.48. The van der Waals surface area contributed by atoms with E-state index >= 15 is 0 Å². The van der Waals surface area contributed by atoms with Crippen LogP contribution in [0.3, 0.4) is 0 Å². The van der Waals surface area contributed by atoms with E-state index in [4.69, 9.17) is 0 Å². The third-order valence-electron chi connectivity index (χ3n) is 4.34. The highest BCUT2D eigenvalue weighted by Crippen LogP contribution is 2.59. The third kappa shape index (κ3) is 1.56. The molecule has 0 aromatic rings. The average molecular weight is 178 g/mol. The zero-order chi connectivity index (χ0) is 9.47. The van der Waals surface area contributed by atoms with E-state index in [1.807, 2.05) is 0 Å². The summed E-state index contributed by atoms with van der Waals surface area (Å²) >= 11 is 0. The van der Waals surface area contributed by atoms with Gasteiger partial charge in [-0.1, -0.05) is 6.92 Å². The van der Waals surface area contributed by atoms with Crippen molar-refractivity contribution in [2.75, 3.05) is 0 Å². The van der Waals surface area contributed by atoms with Gasteiger partial charge in [0.2, 0.25) is 0 Å². The third-order valence-corrected chi connectivity index (χ3v) is 4.34. The van der Waals surface area contributed by atoms with E-state index in [2.05, 4.69) is 20.1 Å². The quantitative estimate of drug-likeness (QED) is 0.491. The predicted molar refractivity (Wildman–Crippen MR) is 57.5 cm³/mol. The number of hydrogen-bond acceptors (Lipinski definition) is 0. The molecule has 4 rings (SSSR count). The van der Waals surface area contributed by atoms with Crippen LogP contribution in [0.4, 0.5) is 0 Å². The summed E-state index contributed by atoms with van der Waals surface area (Å²) in [6.45, 7) is 8.54. The lowest BCUT2D eigenvalue weighted by molar-refractivity contribution is -0.0411. The summed E-state index contributed by atoms with van der Waals surface area (Å²) < 4.78 is 0. The minimum absolute atomic E-state index is 0.800. The first-order valence-electron chi connectivity index (χ1n) is 5.73. The van der Waals surface area contributed by atoms with E-state index in [-0.39, 0.29) is 0 Å². The molecule has 0 unspecified atom stereocenters. The van der Waals surface area contributed by atoms with Crippen LogP contribution >= 0.6 is 0 Å². The Morgan fingerprint density at radius 1 is 0.846 bits per heavy atom. The molecular weight excluding hydrogens is 156 g/mol. The Labute approximate surface area is 82.4 Å². The standard InChI is InChI=1S/C11H18.C2H4/c1-11-5-8-2-9(6-11)4-10(3-8)7-11;1-2/h8-10H,2-7H2,1H3;1-2H2. The van der Waals surface area contributed by atoms with Gasteiger partial charge in [0.25, 0.3) is 0 Å². The first kappa shape index (κ1) is 9.30. The summed E-state index contributed by atoms with van der Waals surface area (Å²) in [5, 5.41) is 0. The van der Waals surface area contributed by atoms with E-state index in [9.17, 15) is 0 Å². The minimum Gasteiger partial charge on any atom is -0.106 e. The lowest BCUT2D eigenvalue weighted by Crippen LogP contribution is -2.44. The molecule has 4 aliphatic carbocycles. The largest absolute Gasteiger partial charge is 0.106 e. The second-order valence-electron chi connectivity index (χ2n) is 5.73. The van der Waals surface area contributed by atoms with Crippen LogP contribution in [-0.4, -0.2) is 0 Å². The van der Waals surface area contributed by atoms with Crippen LogP contribution in [0.15, 0.2) is 13.2 Å². The van der Waals surface area contributed by atoms with Gasteiger partial charge in [0.1, 0.15) is 0 Å². The molecule has 0 aromatic heterocycles. The second-order valence-corrected chi connectivity index (χ2v) is 5.73. The van der Waals surface area contributed by atoms with Gasteiger partial charge in [0, 0.05) is 0 Å². The fourth-order valence-corrected chi connectivity index (χ4v) is 4.54. The summed E-state index contributed by atoms with van der Waals surface area (Å²) in [5.41, 5.74) is 0.800. The van der Waals surface area contributed by atoms with Crippen molar-refractivity contribution in [2.45, 2.75) is 45.4 Å². The summed E-state index contributed by atoms with van der Waals surface area (Å²) in [4.78, 5) is 0. The van der Waals surface area contributed by atoms with Gasteiger partial charge >= 0.3 is 0 Å². The summed E-state index contributed by atoms with van der Waals surface area (Å²) in [5.74, 6) is 3.43. The molecule has 0 aromatic carbocycles. The minimum atomic E-state index is 0.800. The SMILES string of the molecule is C=C.CC12CC3CC(CC(C3)C1)C2. The van der Waals surface area contributed by atoms with Crippen molar-refractivity contribution in [1.29, 1.82) is 0 Å². The number of rotatable bonds is 0. The molecule has 0 spiro atoms. The van der Waals surface area contributed by atoms with Gasteiger partial charge in [0.15, 0.2) is 0 Å². The Morgan fingerprint density at radius 2 is 1.15 bits per heavy atom. The van der Waals surface area contributed by atoms with Crippen molar-refractivity contribution >= 4 is 0 Å². The zero-order valence-corrected chi connectivity index (χ0v) is 8.89. The van der Waals surface area contributed by atoms with Crippen LogP contribution in [0.1, 0.15) is 45.4 Å². The lowest BCUT2D eigenvalue weighted by atomic mass is 9.50. The maximum atomic E-state index is 3.00. The second kappa shape index (κ2) is 3.15. The van der Waals surface area contributed by atoms with Crippen molar-refractivity contribution in [1.82, 2.24) is 0 Å². The molecule has 0 nitrogen and oxygen atoms in total. The van der Waals surface area contributed by atoms with Gasteiger partial charge in [-0.25, -0.2) is 0 Å². The molecule has 4 bridgehead atoms. The van der Waals surface area contributed by atoms with E-state index in [1.165, 1.54) is 0 Å². The van der Waals surface area contributed by atoms with E-state index in [0.29, 0.717) is 0 Å². The molecule has 4 aliphatic rings. The summed E-state index contributed by atoms with van der Waals surface area (Å²) in [7, 11) is 0. The first-order valence-corrected chi connectivity index (χ1v) is 5.73. The fraction of sp³-hybridized carbons (Fsp3) is 0.846. The number of hydrogen-bond donors (Lipinski definition) is 0. The molecule has 13 heavy (non-hydrogen) atoms. The smallest absolute Gasteiger partial charge is 0.0318 e. The van der Waals surface area contributed by atoms with Crippen molar-refractivity contribution in [3.63, 3.8) is 0 Å². The van der Waals surface area contributed by atoms with E-state index < -0.39 is 0 Å². The van der Waals surface area contributed by atoms with Crippen LogP contribution in [0.5, 0.6) is 0 Å². The molecule has 0 radical (unpaired) electrons. The Hall–Kier alpha value is -0.260. The Kier molecular flexibility index (Phi) is 2.25. The van der Waals surface area contributed by atoms with E-state index in [1.54, 1.807) is 38.5 Å². The molecule has 74 valence electrons. The van der Waals surface area contributed by atoms with Crippen molar-refractivity contribution in [3.8, 4) is 0 Å². The normalized spacial score (nSPS) is 51.3. The van der Waals surface area contributed by atoms with Crippen molar-refractivity contribution in [3.05, 3.63) is 13.2 Å². The molecule has 4 saturated carbocycles. The Balaban J connectivity index is 0.000000308. The highest BCUT2D eigenvalue weighted by molar-refractivity contribution is 4.99. The average Bonchev–Trinajstić information content (AvgIpc) is 2.02. The first-order chi connectivity index (χ1) is 6.23. The van der Waals surface area contributed by atoms with Gasteiger partial charge in [-0.3, -0.25) is 0 Å². The lowest BCUT2D eigenvalue weighted by Gasteiger charge is -2.55. The van der Waals surface area contributed by atoms with Crippen LogP contribution in [0, 0.1) is 23.2 Å². The summed E-state index contributed by atoms with van der Waals surface area (Å²) in [6, 6.07) is 0. The molecule has 0 aliphatic heterocycles. The fourth-order valence-electron chi connectivity index (χ4n) is 4.54. The Morgan fingerprint density at radius 3 is 1.38 bits per heavy atom. The van der Waals surface area contributed by atoms with Crippen molar-refractivity contribution in [2.24, 2.45) is 23.2 Å². The van der Waals surface area contributed by atoms with Crippen LogP contribution in [0.2, 0.25) is 0 Å². The molecule has 0 saturated heterocycles. The Bertz CT molecular complexity index is 157. The van der Waals surface area contributed by atoms with Gasteiger partial charge in [-0.15, -0.1) is 13.2 Å². The molecule has 4 fully saturated rings. The monoisotopic (exact) mass is 178 g/mol. The topological polar surface area (TPSA) is 0 Å². The van der Waals surface area contributed by atoms with Gasteiger partial charge in [-0.2, -0.15) is 0 Å². The van der Waals surface area contributed by atoms with Crippen molar-refractivity contribution < 1.29 is 0 Å². The molecule has 0 heteroatoms. The molecule has 0 amide bonds. The summed E-state index contributed by atoms with van der Waals surface area (Å²) in [6.07, 6.45) is 9.48. The van der Waals surface area contributed by atoms with E-state index in [0.717, 1.165) is 23.2 Å². The predicted octanol–water partition coefficient (Wildman–Crippen LogP) is 4.02. The van der Waals surface area contributed by atoms with Crippen LogP contribution in [0.25, 0.3) is 0 Å². The van der Waals surface area contributed by atoms with Gasteiger partial charge < -0.3 is 0 Å². The van der Waals surface area contributed by atoms with Gasteiger partial charge in [0.05, 0.1) is 0 Å². The highest BCUT2D eigenvalue weighted by atomic mass is 14.5. The molecule has 0 heterocycles. The maximum absolute atomic E-state index is 3.00.